The second-order valence-corrected chi connectivity index (χ2v) is 5.61. The number of halogens is 2. The summed E-state index contributed by atoms with van der Waals surface area (Å²) in [7, 11) is 0. The lowest BCUT2D eigenvalue weighted by molar-refractivity contribution is -0.114. The van der Waals surface area contributed by atoms with Gasteiger partial charge in [-0.05, 0) is 31.6 Å². The van der Waals surface area contributed by atoms with Crippen LogP contribution in [0.1, 0.15) is 13.8 Å². The molecule has 25 heavy (non-hydrogen) atoms. The zero-order chi connectivity index (χ0) is 18.1. The minimum Gasteiger partial charge on any atom is -0.423 e. The van der Waals surface area contributed by atoms with Crippen molar-refractivity contribution in [1.82, 2.24) is 9.97 Å². The molecule has 3 rings (SSSR count). The number of carbonyl (C=O) groups excluding carboxylic acids is 2. The highest BCUT2D eigenvalue weighted by Crippen LogP contribution is 2.37. The lowest BCUT2D eigenvalue weighted by atomic mass is 10.2. The highest BCUT2D eigenvalue weighted by molar-refractivity contribution is 6.32. The average molecular weight is 364 g/mol. The largest absolute Gasteiger partial charge is 0.427 e. The molecular weight excluding hydrogens is 353 g/mol. The number of hydrogen-bond acceptors (Lipinski definition) is 6. The van der Waals surface area contributed by atoms with Crippen LogP contribution in [0.4, 0.5) is 14.9 Å². The van der Waals surface area contributed by atoms with Gasteiger partial charge in [-0.15, -0.1) is 0 Å². The van der Waals surface area contributed by atoms with E-state index in [1.165, 1.54) is 12.4 Å². The molecule has 1 saturated heterocycles. The number of imide groups is 1. The molecule has 0 atom stereocenters. The van der Waals surface area contributed by atoms with Gasteiger partial charge >= 0.3 is 18.0 Å². The molecule has 0 spiro atoms. The number of benzene rings is 1. The van der Waals surface area contributed by atoms with E-state index in [2.05, 4.69) is 9.97 Å². The quantitative estimate of drug-likeness (QED) is 0.771. The van der Waals surface area contributed by atoms with Gasteiger partial charge in [-0.1, -0.05) is 11.6 Å². The van der Waals surface area contributed by atoms with Crippen molar-refractivity contribution in [3.05, 3.63) is 52.8 Å². The number of ether oxygens (including phenoxy) is 2. The molecule has 128 valence electrons. The number of aromatic nitrogens is 2. The van der Waals surface area contributed by atoms with Crippen LogP contribution < -0.4 is 9.64 Å². The zero-order valence-corrected chi connectivity index (χ0v) is 13.9. The van der Waals surface area contributed by atoms with Gasteiger partial charge in [-0.25, -0.2) is 24.1 Å². The van der Waals surface area contributed by atoms with E-state index < -0.39 is 17.8 Å². The van der Waals surface area contributed by atoms with Gasteiger partial charge in [0.25, 0.3) is 0 Å². The lowest BCUT2D eigenvalue weighted by Gasteiger charge is -2.14. The smallest absolute Gasteiger partial charge is 0.423 e. The Kier molecular flexibility index (Phi) is 4.37. The molecule has 7 nitrogen and oxygen atoms in total. The van der Waals surface area contributed by atoms with Crippen molar-refractivity contribution in [2.75, 3.05) is 4.90 Å². The van der Waals surface area contributed by atoms with Crippen LogP contribution in [0.5, 0.6) is 11.8 Å². The number of carbonyl (C=O) groups is 2. The van der Waals surface area contributed by atoms with Crippen molar-refractivity contribution in [1.29, 1.82) is 0 Å². The van der Waals surface area contributed by atoms with E-state index in [0.29, 0.717) is 10.5 Å². The van der Waals surface area contributed by atoms with Crippen molar-refractivity contribution in [2.45, 2.75) is 13.8 Å². The highest BCUT2D eigenvalue weighted by atomic mass is 35.5. The molecule has 0 unspecified atom stereocenters. The van der Waals surface area contributed by atoms with Crippen LogP contribution in [0.3, 0.4) is 0 Å². The van der Waals surface area contributed by atoms with Gasteiger partial charge in [0, 0.05) is 18.5 Å². The Labute approximate surface area is 146 Å². The van der Waals surface area contributed by atoms with Crippen molar-refractivity contribution >= 4 is 29.3 Å². The highest BCUT2D eigenvalue weighted by Gasteiger charge is 2.40. The maximum Gasteiger partial charge on any atom is 0.427 e. The first-order valence-corrected chi connectivity index (χ1v) is 7.44. The molecule has 2 amide bonds. The minimum absolute atomic E-state index is 0.0180. The van der Waals surface area contributed by atoms with E-state index in [-0.39, 0.29) is 28.2 Å². The first kappa shape index (κ1) is 16.8. The van der Waals surface area contributed by atoms with E-state index in [0.717, 1.165) is 12.1 Å². The fraction of sp³-hybridized carbons (Fsp3) is 0.125. The van der Waals surface area contributed by atoms with Crippen molar-refractivity contribution in [3.8, 4) is 11.8 Å². The molecule has 0 N–H and O–H groups in total. The molecule has 9 heteroatoms. The Hall–Kier alpha value is -3.00. The third-order valence-electron chi connectivity index (χ3n) is 3.21. The van der Waals surface area contributed by atoms with E-state index in [4.69, 9.17) is 21.1 Å². The fourth-order valence-corrected chi connectivity index (χ4v) is 2.28. The first-order chi connectivity index (χ1) is 11.9. The number of hydrogen-bond donors (Lipinski definition) is 0. The van der Waals surface area contributed by atoms with E-state index in [1.807, 2.05) is 0 Å². The predicted molar refractivity (Wildman–Crippen MR) is 85.9 cm³/mol. The van der Waals surface area contributed by atoms with Gasteiger partial charge in [0.15, 0.2) is 11.5 Å². The van der Waals surface area contributed by atoms with Crippen LogP contribution >= 0.6 is 11.6 Å². The number of amides is 2. The van der Waals surface area contributed by atoms with Gasteiger partial charge in [-0.2, -0.15) is 0 Å². The number of anilines is 1. The molecule has 0 radical (unpaired) electrons. The molecule has 0 bridgehead atoms. The van der Waals surface area contributed by atoms with Crippen molar-refractivity contribution in [2.24, 2.45) is 0 Å². The summed E-state index contributed by atoms with van der Waals surface area (Å²) in [5, 5.41) is -0.0730. The number of nitrogens with zero attached hydrogens (tertiary/aromatic N) is 3. The molecule has 1 aliphatic rings. The Morgan fingerprint density at radius 2 is 1.92 bits per heavy atom. The summed E-state index contributed by atoms with van der Waals surface area (Å²) in [5.74, 6) is -1.82. The second kappa shape index (κ2) is 6.48. The molecule has 1 fully saturated rings. The van der Waals surface area contributed by atoms with Crippen molar-refractivity contribution < 1.29 is 23.5 Å². The van der Waals surface area contributed by atoms with Gasteiger partial charge in [-0.3, -0.25) is 4.79 Å². The maximum absolute atomic E-state index is 14.3. The molecule has 1 aromatic carbocycles. The normalized spacial score (nSPS) is 13.9. The standard InChI is InChI=1S/C16H11ClFN3O4/c1-8(2)13-14(22)21(16(23)25-13)11-7-12(9(17)6-10(11)18)24-15-19-4-3-5-20-15/h3-7H,1-2H3. The second-order valence-electron chi connectivity index (χ2n) is 5.21. The van der Waals surface area contributed by atoms with Gasteiger partial charge in [0.05, 0.1) is 10.7 Å². The maximum atomic E-state index is 14.3. The van der Waals surface area contributed by atoms with Crippen LogP contribution in [0.15, 0.2) is 41.9 Å². The van der Waals surface area contributed by atoms with E-state index in [1.54, 1.807) is 19.9 Å². The molecule has 2 aromatic rings. The molecule has 0 saturated carbocycles. The van der Waals surface area contributed by atoms with E-state index in [9.17, 15) is 14.0 Å². The van der Waals surface area contributed by atoms with Crippen LogP contribution in [-0.4, -0.2) is 22.0 Å². The van der Waals surface area contributed by atoms with Crippen molar-refractivity contribution in [3.63, 3.8) is 0 Å². The minimum atomic E-state index is -1.01. The third-order valence-corrected chi connectivity index (χ3v) is 3.50. The average Bonchev–Trinajstić information content (AvgIpc) is 2.86. The van der Waals surface area contributed by atoms with Crippen LogP contribution in [0.2, 0.25) is 5.02 Å². The number of allylic oxidation sites excluding steroid dienone is 1. The van der Waals surface area contributed by atoms with Gasteiger partial charge in [0.2, 0.25) is 0 Å². The fourth-order valence-electron chi connectivity index (χ4n) is 2.09. The summed E-state index contributed by atoms with van der Waals surface area (Å²) in [6, 6.07) is 3.60. The topological polar surface area (TPSA) is 81.6 Å². The molecule has 2 heterocycles. The summed E-state index contributed by atoms with van der Waals surface area (Å²) in [4.78, 5) is 32.6. The van der Waals surface area contributed by atoms with Gasteiger partial charge < -0.3 is 9.47 Å². The Morgan fingerprint density at radius 1 is 1.24 bits per heavy atom. The zero-order valence-electron chi connectivity index (χ0n) is 13.1. The summed E-state index contributed by atoms with van der Waals surface area (Å²) in [6.07, 6.45) is 1.89. The summed E-state index contributed by atoms with van der Waals surface area (Å²) < 4.78 is 24.6. The summed E-state index contributed by atoms with van der Waals surface area (Å²) in [5.41, 5.74) is 0.144. The number of rotatable bonds is 3. The Morgan fingerprint density at radius 3 is 2.52 bits per heavy atom. The molecule has 1 aliphatic heterocycles. The van der Waals surface area contributed by atoms with Crippen LogP contribution in [0, 0.1) is 5.82 Å². The lowest BCUT2D eigenvalue weighted by Crippen LogP contribution is -2.29. The third kappa shape index (κ3) is 3.16. The predicted octanol–water partition coefficient (Wildman–Crippen LogP) is 3.84. The van der Waals surface area contributed by atoms with E-state index >= 15 is 0 Å². The molecule has 1 aromatic heterocycles. The summed E-state index contributed by atoms with van der Waals surface area (Å²) in [6.45, 7) is 3.20. The van der Waals surface area contributed by atoms with Gasteiger partial charge in [0.1, 0.15) is 5.82 Å². The molecular formula is C16H11ClFN3O4. The SMILES string of the molecule is CC(C)=C1OC(=O)N(c2cc(Oc3ncccn3)c(Cl)cc2F)C1=O. The van der Waals surface area contributed by atoms with Crippen LogP contribution in [0.25, 0.3) is 0 Å². The monoisotopic (exact) mass is 363 g/mol. The molecule has 0 aliphatic carbocycles. The van der Waals surface area contributed by atoms with Crippen LogP contribution in [-0.2, 0) is 9.53 Å². The number of cyclic esters (lactones) is 1. The Balaban J connectivity index is 2.03. The Bertz CT molecular complexity index is 898. The first-order valence-electron chi connectivity index (χ1n) is 7.06. The summed E-state index contributed by atoms with van der Waals surface area (Å²) >= 11 is 5.96.